The van der Waals surface area contributed by atoms with Crippen LogP contribution in [0.2, 0.25) is 0 Å². The van der Waals surface area contributed by atoms with E-state index >= 15 is 0 Å². The average molecular weight is 976 g/mol. The number of hydrogen-bond donors (Lipinski definition) is 2. The van der Waals surface area contributed by atoms with E-state index < -0.39 is 35.3 Å². The fourth-order valence-corrected chi connectivity index (χ4v) is 9.59. The summed E-state index contributed by atoms with van der Waals surface area (Å²) in [5.74, 6) is 1.05. The molecule has 19 heteroatoms. The molecule has 3 amide bonds. The summed E-state index contributed by atoms with van der Waals surface area (Å²) in [7, 11) is 0. The third kappa shape index (κ3) is 10.4. The van der Waals surface area contributed by atoms with Crippen LogP contribution in [0.25, 0.3) is 11.3 Å². The van der Waals surface area contributed by atoms with E-state index in [-0.39, 0.29) is 34.6 Å². The van der Waals surface area contributed by atoms with Gasteiger partial charge < -0.3 is 35.1 Å². The van der Waals surface area contributed by atoms with Crippen molar-refractivity contribution >= 4 is 64.0 Å². The average Bonchev–Trinajstić information content (AvgIpc) is 4.06. The lowest BCUT2D eigenvalue weighted by Gasteiger charge is -2.33. The van der Waals surface area contributed by atoms with Crippen molar-refractivity contribution in [3.05, 3.63) is 126 Å². The molecule has 3 N–H and O–H groups in total. The maximum absolute atomic E-state index is 14.0. The SMILES string of the molecule is Cc1nccn1-c1ccc(CNC(=O)[C@@H]2CCCN2C(=O)C(N=CC(=CN)c2ccc(OC3CCN(c4ccc(N5C(=S)N(c6cccc(C(F)(F)F)c6)C(=O)C5(C)C)cn4)CC3)nc2)C(C)C)cc1. The molecule has 70 heavy (non-hydrogen) atoms. The predicted octanol–water partition coefficient (Wildman–Crippen LogP) is 7.66. The van der Waals surface area contributed by atoms with Crippen LogP contribution in [-0.2, 0) is 27.1 Å². The number of ether oxygens (including phenoxy) is 1. The lowest BCUT2D eigenvalue weighted by atomic mass is 10.0. The van der Waals surface area contributed by atoms with Crippen LogP contribution in [0.1, 0.15) is 75.9 Å². The summed E-state index contributed by atoms with van der Waals surface area (Å²) in [6.45, 7) is 11.3. The van der Waals surface area contributed by atoms with E-state index in [2.05, 4.69) is 25.2 Å². The maximum atomic E-state index is 14.0. The first-order chi connectivity index (χ1) is 33.4. The maximum Gasteiger partial charge on any atom is 0.416 e. The van der Waals surface area contributed by atoms with E-state index in [1.54, 1.807) is 60.6 Å². The Kier molecular flexibility index (Phi) is 14.4. The molecule has 3 saturated heterocycles. The van der Waals surface area contributed by atoms with Gasteiger partial charge in [0.25, 0.3) is 5.91 Å². The lowest BCUT2D eigenvalue weighted by molar-refractivity contribution is -0.140. The van der Waals surface area contributed by atoms with Crippen molar-refractivity contribution in [2.24, 2.45) is 16.6 Å². The number of rotatable bonds is 14. The van der Waals surface area contributed by atoms with Gasteiger partial charge in [0.1, 0.15) is 35.4 Å². The molecule has 0 saturated carbocycles. The molecule has 3 aromatic heterocycles. The minimum Gasteiger partial charge on any atom is -0.474 e. The molecule has 2 atom stereocenters. The summed E-state index contributed by atoms with van der Waals surface area (Å²) >= 11 is 5.69. The minimum atomic E-state index is -4.58. The van der Waals surface area contributed by atoms with Crippen molar-refractivity contribution in [3.8, 4) is 11.6 Å². The summed E-state index contributed by atoms with van der Waals surface area (Å²) in [5, 5.41) is 3.09. The molecule has 8 rings (SSSR count). The Bertz CT molecular complexity index is 2770. The van der Waals surface area contributed by atoms with Crippen LogP contribution < -0.4 is 30.5 Å². The number of carbonyl (C=O) groups excluding carboxylic acids is 3. The summed E-state index contributed by atoms with van der Waals surface area (Å²) in [5.41, 5.74) is 7.79. The Labute approximate surface area is 410 Å². The van der Waals surface area contributed by atoms with Gasteiger partial charge in [0.2, 0.25) is 17.7 Å². The Morgan fingerprint density at radius 3 is 2.33 bits per heavy atom. The van der Waals surface area contributed by atoms with Crippen molar-refractivity contribution in [3.63, 3.8) is 0 Å². The molecule has 1 unspecified atom stereocenters. The van der Waals surface area contributed by atoms with E-state index in [1.807, 2.05) is 67.9 Å². The highest BCUT2D eigenvalue weighted by molar-refractivity contribution is 7.81. The molecule has 5 aromatic rings. The molecule has 0 bridgehead atoms. The van der Waals surface area contributed by atoms with Crippen LogP contribution in [0, 0.1) is 12.8 Å². The quantitative estimate of drug-likeness (QED) is 0.0829. The summed E-state index contributed by atoms with van der Waals surface area (Å²) in [4.78, 5) is 65.8. The third-order valence-electron chi connectivity index (χ3n) is 13.0. The number of nitrogens with zero attached hydrogens (tertiary/aromatic N) is 9. The molecule has 3 fully saturated rings. The first-order valence-corrected chi connectivity index (χ1v) is 23.7. The third-order valence-corrected chi connectivity index (χ3v) is 13.4. The number of aromatic nitrogens is 4. The van der Waals surface area contributed by atoms with Gasteiger partial charge in [-0.1, -0.05) is 32.0 Å². The Morgan fingerprint density at radius 2 is 1.70 bits per heavy atom. The first-order valence-electron chi connectivity index (χ1n) is 23.3. The predicted molar refractivity (Wildman–Crippen MR) is 267 cm³/mol. The molecular weight excluding hydrogens is 920 g/mol. The number of alkyl halides is 3. The van der Waals surface area contributed by atoms with E-state index in [1.165, 1.54) is 18.3 Å². The second-order valence-electron chi connectivity index (χ2n) is 18.4. The first kappa shape index (κ1) is 49.3. The number of likely N-dealkylation sites (tertiary alicyclic amines) is 1. The summed E-state index contributed by atoms with van der Waals surface area (Å²) in [6.07, 6.45) is 7.94. The highest BCUT2D eigenvalue weighted by Crippen LogP contribution is 2.39. The number of amides is 3. The number of nitrogens with two attached hydrogens (primary N) is 1. The van der Waals surface area contributed by atoms with Gasteiger partial charge in [-0.3, -0.25) is 24.3 Å². The van der Waals surface area contributed by atoms with E-state index in [0.717, 1.165) is 39.9 Å². The van der Waals surface area contributed by atoms with Gasteiger partial charge in [-0.25, -0.2) is 15.0 Å². The molecule has 3 aliphatic rings. The number of anilines is 3. The van der Waals surface area contributed by atoms with Crippen LogP contribution in [0.5, 0.6) is 5.88 Å². The van der Waals surface area contributed by atoms with Gasteiger partial charge in [-0.2, -0.15) is 13.2 Å². The second-order valence-corrected chi connectivity index (χ2v) is 18.8. The Hall–Kier alpha value is -7.15. The molecule has 6 heterocycles. The Balaban J connectivity index is 0.826. The van der Waals surface area contributed by atoms with E-state index in [0.29, 0.717) is 74.6 Å². The highest BCUT2D eigenvalue weighted by Gasteiger charge is 2.51. The van der Waals surface area contributed by atoms with E-state index in [9.17, 15) is 27.6 Å². The van der Waals surface area contributed by atoms with Crippen LogP contribution in [0.4, 0.5) is 30.4 Å². The standard InChI is InChI=1S/C51H56F3N11O4S/c1-32(2)45(47(67)63-22-7-10-42(63)46(66)60-28-34-11-14-38(15-12-34)62-25-21-56-33(62)3)59-30-36(27-55)35-13-18-44(58-29-35)69-41-19-23-61(24-20-41)43-17-16-40(31-57-43)65-49(70)64(48(68)50(65,4)5)39-9-6-8-37(26-39)51(52,53)54/h6,8-9,11-18,21,25-27,29-32,41-42,45H,7,10,19-20,22-24,28,55H2,1-5H3,(H,60,66)/t42-,45?/m0/s1. The van der Waals surface area contributed by atoms with Gasteiger partial charge in [0.05, 0.1) is 23.1 Å². The van der Waals surface area contributed by atoms with Crippen molar-refractivity contribution in [2.75, 3.05) is 34.3 Å². The van der Waals surface area contributed by atoms with Crippen molar-refractivity contribution in [1.82, 2.24) is 29.7 Å². The number of nitrogens with one attached hydrogen (secondary N) is 1. The largest absolute Gasteiger partial charge is 0.474 e. The molecule has 15 nitrogen and oxygen atoms in total. The summed E-state index contributed by atoms with van der Waals surface area (Å²) in [6, 6.07) is 18.4. The topological polar surface area (TPSA) is 167 Å². The van der Waals surface area contributed by atoms with Crippen LogP contribution in [0.3, 0.4) is 0 Å². The van der Waals surface area contributed by atoms with Gasteiger partial charge in [0.15, 0.2) is 5.11 Å². The fraction of sp³-hybridized carbons (Fsp3) is 0.373. The number of halogens is 3. The van der Waals surface area contributed by atoms with Crippen molar-refractivity contribution in [1.29, 1.82) is 0 Å². The number of aryl methyl sites for hydroxylation is 1. The number of hydrogen-bond acceptors (Lipinski definition) is 11. The van der Waals surface area contributed by atoms with Crippen molar-refractivity contribution < 1.29 is 32.3 Å². The lowest BCUT2D eigenvalue weighted by Crippen LogP contribution is -2.49. The monoisotopic (exact) mass is 975 g/mol. The van der Waals surface area contributed by atoms with Gasteiger partial charge >= 0.3 is 6.18 Å². The van der Waals surface area contributed by atoms with Crippen LogP contribution >= 0.6 is 12.2 Å². The number of piperidine rings is 1. The molecule has 0 radical (unpaired) electrons. The molecule has 2 aromatic carbocycles. The van der Waals surface area contributed by atoms with Gasteiger partial charge in [-0.05, 0) is 106 Å². The van der Waals surface area contributed by atoms with Gasteiger partial charge in [-0.15, -0.1) is 0 Å². The normalized spacial score (nSPS) is 18.4. The number of allylic oxidation sites excluding steroid dienone is 1. The molecule has 366 valence electrons. The number of imidazole rings is 1. The van der Waals surface area contributed by atoms with Crippen molar-refractivity contribution in [2.45, 2.75) is 96.7 Å². The number of pyridine rings is 2. The Morgan fingerprint density at radius 1 is 0.957 bits per heavy atom. The molecule has 3 aliphatic heterocycles. The fourth-order valence-electron chi connectivity index (χ4n) is 9.07. The van der Waals surface area contributed by atoms with Crippen LogP contribution in [0.15, 0.2) is 109 Å². The zero-order valence-electron chi connectivity index (χ0n) is 39.6. The minimum absolute atomic E-state index is 0.0430. The van der Waals surface area contributed by atoms with Crippen LogP contribution in [-0.4, -0.2) is 96.8 Å². The van der Waals surface area contributed by atoms with E-state index in [4.69, 9.17) is 27.7 Å². The number of benzene rings is 2. The zero-order valence-corrected chi connectivity index (χ0v) is 40.5. The second kappa shape index (κ2) is 20.4. The number of thiocarbonyl (C=S) groups is 1. The summed E-state index contributed by atoms with van der Waals surface area (Å²) < 4.78 is 48.8. The smallest absolute Gasteiger partial charge is 0.416 e. The molecule has 0 spiro atoms. The molecule has 0 aliphatic carbocycles. The number of aliphatic imine (C=N–C) groups is 1. The highest BCUT2D eigenvalue weighted by atomic mass is 32.1. The number of carbonyl (C=O) groups is 3. The molecular formula is C51H56F3N11O4S. The zero-order chi connectivity index (χ0) is 49.9. The van der Waals surface area contributed by atoms with Gasteiger partial charge in [0, 0.05) is 92.9 Å².